The van der Waals surface area contributed by atoms with Crippen molar-refractivity contribution in [2.45, 2.75) is 24.7 Å². The number of aromatic nitrogens is 2. The molecule has 0 spiro atoms. The van der Waals surface area contributed by atoms with Gasteiger partial charge >= 0.3 is 0 Å². The lowest BCUT2D eigenvalue weighted by Crippen LogP contribution is -2.35. The van der Waals surface area contributed by atoms with Crippen molar-refractivity contribution < 1.29 is 4.74 Å². The third-order valence-electron chi connectivity index (χ3n) is 3.98. The van der Waals surface area contributed by atoms with Gasteiger partial charge in [-0.05, 0) is 17.9 Å². The molecule has 1 aliphatic rings. The van der Waals surface area contributed by atoms with Gasteiger partial charge in [-0.1, -0.05) is 35.5 Å². The van der Waals surface area contributed by atoms with E-state index in [4.69, 9.17) is 16.3 Å². The average Bonchev–Trinajstić information content (AvgIpc) is 2.57. The van der Waals surface area contributed by atoms with E-state index in [1.165, 1.54) is 11.8 Å². The summed E-state index contributed by atoms with van der Waals surface area (Å²) in [6.07, 6.45) is 2.68. The van der Waals surface area contributed by atoms with Crippen LogP contribution in [0.4, 0.5) is 0 Å². The summed E-state index contributed by atoms with van der Waals surface area (Å²) in [5, 5.41) is 1.31. The highest BCUT2D eigenvalue weighted by atomic mass is 35.5. The molecule has 2 aromatic rings. The number of hydrogen-bond acceptors (Lipinski definition) is 5. The summed E-state index contributed by atoms with van der Waals surface area (Å²) in [6, 6.07) is 5.76. The molecule has 3 rings (SSSR count). The Bertz CT molecular complexity index is 778. The van der Waals surface area contributed by atoms with Crippen LogP contribution in [0, 0.1) is 0 Å². The summed E-state index contributed by atoms with van der Waals surface area (Å²) in [6.45, 7) is 2.11. The lowest BCUT2D eigenvalue weighted by Gasteiger charge is -2.28. The van der Waals surface area contributed by atoms with Crippen LogP contribution in [-0.2, 0) is 19.5 Å². The van der Waals surface area contributed by atoms with Gasteiger partial charge in [0.1, 0.15) is 5.75 Å². The molecule has 0 radical (unpaired) electrons. The first-order valence-electron chi connectivity index (χ1n) is 7.32. The molecule has 0 bridgehead atoms. The molecule has 1 aromatic heterocycles. The standard InChI is InChI=1S/C16H18ClN3O2S/c1-22-13-5-3-4-10(14(13)17)8-20-7-6-12-11(9-20)15(21)19-16(18-12)23-2/h3-5H,6-9H2,1-2H3,(H,18,19,21). The van der Waals surface area contributed by atoms with Crippen LogP contribution in [-0.4, -0.2) is 34.8 Å². The highest BCUT2D eigenvalue weighted by Gasteiger charge is 2.22. The van der Waals surface area contributed by atoms with E-state index in [1.807, 2.05) is 24.5 Å². The number of nitrogens with one attached hydrogen (secondary N) is 1. The molecule has 2 heterocycles. The average molecular weight is 352 g/mol. The molecule has 1 aromatic carbocycles. The van der Waals surface area contributed by atoms with Gasteiger partial charge in [0.2, 0.25) is 0 Å². The smallest absolute Gasteiger partial charge is 0.256 e. The molecule has 7 heteroatoms. The minimum Gasteiger partial charge on any atom is -0.495 e. The maximum atomic E-state index is 12.2. The van der Waals surface area contributed by atoms with Crippen molar-refractivity contribution in [3.63, 3.8) is 0 Å². The van der Waals surface area contributed by atoms with Gasteiger partial charge in [-0.25, -0.2) is 4.98 Å². The minimum absolute atomic E-state index is 0.0409. The molecular formula is C16H18ClN3O2S. The van der Waals surface area contributed by atoms with Crippen molar-refractivity contribution in [2.75, 3.05) is 19.9 Å². The zero-order chi connectivity index (χ0) is 16.4. The largest absolute Gasteiger partial charge is 0.495 e. The Kier molecular flexibility index (Phi) is 4.94. The van der Waals surface area contributed by atoms with Crippen LogP contribution in [0.1, 0.15) is 16.8 Å². The van der Waals surface area contributed by atoms with Gasteiger partial charge in [-0.2, -0.15) is 0 Å². The summed E-state index contributed by atoms with van der Waals surface area (Å²) in [5.74, 6) is 0.672. The molecule has 0 saturated heterocycles. The van der Waals surface area contributed by atoms with Crippen LogP contribution < -0.4 is 10.3 Å². The molecule has 0 unspecified atom stereocenters. The van der Waals surface area contributed by atoms with Gasteiger partial charge in [0.15, 0.2) is 5.16 Å². The highest BCUT2D eigenvalue weighted by molar-refractivity contribution is 7.98. The van der Waals surface area contributed by atoms with Crippen molar-refractivity contribution >= 4 is 23.4 Å². The zero-order valence-electron chi connectivity index (χ0n) is 13.1. The van der Waals surface area contributed by atoms with Crippen LogP contribution in [0.15, 0.2) is 28.2 Å². The summed E-state index contributed by atoms with van der Waals surface area (Å²) >= 11 is 7.82. The quantitative estimate of drug-likeness (QED) is 0.678. The van der Waals surface area contributed by atoms with Crippen molar-refractivity contribution in [3.05, 3.63) is 50.4 Å². The number of nitrogens with zero attached hydrogens (tertiary/aromatic N) is 2. The van der Waals surface area contributed by atoms with Gasteiger partial charge in [-0.15, -0.1) is 0 Å². The summed E-state index contributed by atoms with van der Waals surface area (Å²) < 4.78 is 5.26. The van der Waals surface area contributed by atoms with Crippen molar-refractivity contribution in [3.8, 4) is 5.75 Å². The molecule has 1 aliphatic heterocycles. The summed E-state index contributed by atoms with van der Waals surface area (Å²) in [7, 11) is 1.61. The first-order valence-corrected chi connectivity index (χ1v) is 8.92. The summed E-state index contributed by atoms with van der Waals surface area (Å²) in [4.78, 5) is 21.8. The number of aromatic amines is 1. The van der Waals surface area contributed by atoms with Crippen molar-refractivity contribution in [2.24, 2.45) is 0 Å². The number of benzene rings is 1. The Morgan fingerprint density at radius 2 is 2.30 bits per heavy atom. The molecular weight excluding hydrogens is 334 g/mol. The van der Waals surface area contributed by atoms with Crippen LogP contribution in [0.2, 0.25) is 5.02 Å². The number of rotatable bonds is 4. The number of ether oxygens (including phenoxy) is 1. The van der Waals surface area contributed by atoms with E-state index < -0.39 is 0 Å². The minimum atomic E-state index is -0.0409. The fraction of sp³-hybridized carbons (Fsp3) is 0.375. The van der Waals surface area contributed by atoms with E-state index in [0.29, 0.717) is 29.0 Å². The molecule has 0 aliphatic carbocycles. The first kappa shape index (κ1) is 16.4. The molecule has 0 atom stereocenters. The molecule has 1 N–H and O–H groups in total. The predicted octanol–water partition coefficient (Wildman–Crippen LogP) is 2.71. The molecule has 122 valence electrons. The SMILES string of the molecule is COc1cccc(CN2CCc3nc(SC)[nH]c(=O)c3C2)c1Cl. The Labute approximate surface area is 144 Å². The molecule has 5 nitrogen and oxygen atoms in total. The first-order chi connectivity index (χ1) is 11.1. The van der Waals surface area contributed by atoms with Gasteiger partial charge < -0.3 is 9.72 Å². The second kappa shape index (κ2) is 6.95. The van der Waals surface area contributed by atoms with Gasteiger partial charge in [0, 0.05) is 26.1 Å². The van der Waals surface area contributed by atoms with Crippen molar-refractivity contribution in [1.29, 1.82) is 0 Å². The van der Waals surface area contributed by atoms with Crippen LogP contribution in [0.25, 0.3) is 0 Å². The predicted molar refractivity (Wildman–Crippen MR) is 92.5 cm³/mol. The van der Waals surface area contributed by atoms with E-state index in [-0.39, 0.29) is 5.56 Å². The van der Waals surface area contributed by atoms with E-state index >= 15 is 0 Å². The van der Waals surface area contributed by atoms with E-state index in [0.717, 1.165) is 29.8 Å². The summed E-state index contributed by atoms with van der Waals surface area (Å²) in [5.41, 5.74) is 2.62. The maximum Gasteiger partial charge on any atom is 0.256 e. The van der Waals surface area contributed by atoms with Gasteiger partial charge in [0.05, 0.1) is 23.4 Å². The van der Waals surface area contributed by atoms with E-state index in [2.05, 4.69) is 14.9 Å². The number of fused-ring (bicyclic) bond motifs is 1. The molecule has 0 fully saturated rings. The molecule has 0 saturated carbocycles. The Morgan fingerprint density at radius 3 is 3.04 bits per heavy atom. The Balaban J connectivity index is 1.82. The van der Waals surface area contributed by atoms with Crippen molar-refractivity contribution in [1.82, 2.24) is 14.9 Å². The Hall–Kier alpha value is -1.50. The topological polar surface area (TPSA) is 58.2 Å². The number of H-pyrrole nitrogens is 1. The number of methoxy groups -OCH3 is 1. The highest BCUT2D eigenvalue weighted by Crippen LogP contribution is 2.29. The molecule has 23 heavy (non-hydrogen) atoms. The number of thioether (sulfide) groups is 1. The second-order valence-corrected chi connectivity index (χ2v) is 6.57. The monoisotopic (exact) mass is 351 g/mol. The van der Waals surface area contributed by atoms with E-state index in [9.17, 15) is 4.79 Å². The second-order valence-electron chi connectivity index (χ2n) is 5.39. The lowest BCUT2D eigenvalue weighted by atomic mass is 10.1. The third kappa shape index (κ3) is 3.39. The fourth-order valence-electron chi connectivity index (χ4n) is 2.77. The molecule has 0 amide bonds. The maximum absolute atomic E-state index is 12.2. The third-order valence-corrected chi connectivity index (χ3v) is 4.99. The Morgan fingerprint density at radius 1 is 1.48 bits per heavy atom. The number of hydrogen-bond donors (Lipinski definition) is 1. The zero-order valence-corrected chi connectivity index (χ0v) is 14.6. The van der Waals surface area contributed by atoms with E-state index in [1.54, 1.807) is 7.11 Å². The van der Waals surface area contributed by atoms with Gasteiger partial charge in [-0.3, -0.25) is 9.69 Å². The van der Waals surface area contributed by atoms with Crippen LogP contribution in [0.5, 0.6) is 5.75 Å². The van der Waals surface area contributed by atoms with Crippen LogP contribution in [0.3, 0.4) is 0 Å². The van der Waals surface area contributed by atoms with Gasteiger partial charge in [0.25, 0.3) is 5.56 Å². The normalized spacial score (nSPS) is 14.6. The fourth-order valence-corrected chi connectivity index (χ4v) is 3.43. The van der Waals surface area contributed by atoms with Crippen LogP contribution >= 0.6 is 23.4 Å². The lowest BCUT2D eigenvalue weighted by molar-refractivity contribution is 0.240. The number of halogens is 1.